The van der Waals surface area contributed by atoms with Gasteiger partial charge in [0.05, 0.1) is 5.56 Å². The van der Waals surface area contributed by atoms with Crippen molar-refractivity contribution in [1.82, 2.24) is 0 Å². The Morgan fingerprint density at radius 1 is 1.05 bits per heavy atom. The number of carbonyl (C=O) groups excluding carboxylic acids is 1. The molecule has 21 heavy (non-hydrogen) atoms. The van der Waals surface area contributed by atoms with E-state index in [1.165, 1.54) is 25.7 Å². The summed E-state index contributed by atoms with van der Waals surface area (Å²) in [5.41, 5.74) is 1.21. The molecule has 3 rings (SSSR count). The van der Waals surface area contributed by atoms with Gasteiger partial charge in [-0.25, -0.2) is 8.78 Å². The van der Waals surface area contributed by atoms with Gasteiger partial charge in [0.1, 0.15) is 0 Å². The Hall–Kier alpha value is -1.25. The van der Waals surface area contributed by atoms with Gasteiger partial charge in [0, 0.05) is 0 Å². The Balaban J connectivity index is 1.82. The predicted octanol–water partition coefficient (Wildman–Crippen LogP) is 4.71. The Morgan fingerprint density at radius 3 is 2.43 bits per heavy atom. The lowest BCUT2D eigenvalue weighted by atomic mass is 9.70. The van der Waals surface area contributed by atoms with Gasteiger partial charge in [0.25, 0.3) is 0 Å². The topological polar surface area (TPSA) is 17.1 Å². The highest BCUT2D eigenvalue weighted by molar-refractivity contribution is 5.76. The number of benzene rings is 1. The van der Waals surface area contributed by atoms with Crippen molar-refractivity contribution in [3.63, 3.8) is 0 Å². The van der Waals surface area contributed by atoms with Gasteiger partial charge >= 0.3 is 0 Å². The first-order valence-electron chi connectivity index (χ1n) is 8.05. The van der Waals surface area contributed by atoms with Crippen LogP contribution >= 0.6 is 0 Å². The van der Waals surface area contributed by atoms with Crippen LogP contribution in [0.4, 0.5) is 8.78 Å². The van der Waals surface area contributed by atoms with Crippen molar-refractivity contribution in [2.75, 3.05) is 0 Å². The maximum atomic E-state index is 14.2. The Bertz CT molecular complexity index is 545. The van der Waals surface area contributed by atoms with E-state index in [2.05, 4.69) is 6.92 Å². The minimum Gasteiger partial charge on any atom is -0.298 e. The first-order chi connectivity index (χ1) is 10.1. The zero-order valence-electron chi connectivity index (χ0n) is 12.5. The molecule has 0 N–H and O–H groups in total. The molecule has 3 heteroatoms. The largest absolute Gasteiger partial charge is 0.298 e. The second kappa shape index (κ2) is 5.86. The molecule has 1 atom stereocenters. The second-order valence-corrected chi connectivity index (χ2v) is 6.87. The molecular weight excluding hydrogens is 270 g/mol. The van der Waals surface area contributed by atoms with Crippen molar-refractivity contribution in [2.24, 2.45) is 17.8 Å². The molecule has 0 amide bonds. The molecule has 114 valence electrons. The van der Waals surface area contributed by atoms with E-state index in [0.717, 1.165) is 24.3 Å². The molecular formula is C18H22F2O. The van der Waals surface area contributed by atoms with Crippen LogP contribution in [0.5, 0.6) is 0 Å². The summed E-state index contributed by atoms with van der Waals surface area (Å²) in [7, 11) is 0. The van der Waals surface area contributed by atoms with E-state index in [-0.39, 0.29) is 5.56 Å². The fourth-order valence-corrected chi connectivity index (χ4v) is 4.13. The molecule has 1 aromatic carbocycles. The summed E-state index contributed by atoms with van der Waals surface area (Å²) < 4.78 is 28.0. The van der Waals surface area contributed by atoms with E-state index >= 15 is 0 Å². The molecule has 1 aromatic rings. The van der Waals surface area contributed by atoms with Crippen molar-refractivity contribution in [3.05, 3.63) is 34.4 Å². The van der Waals surface area contributed by atoms with Crippen molar-refractivity contribution < 1.29 is 13.6 Å². The van der Waals surface area contributed by atoms with Crippen molar-refractivity contribution in [1.29, 1.82) is 0 Å². The van der Waals surface area contributed by atoms with Gasteiger partial charge in [0.2, 0.25) is 0 Å². The summed E-state index contributed by atoms with van der Waals surface area (Å²) in [6.45, 7) is 2.29. The van der Waals surface area contributed by atoms with Crippen LogP contribution in [0.3, 0.4) is 0 Å². The molecule has 0 spiro atoms. The first-order valence-corrected chi connectivity index (χ1v) is 8.05. The maximum Gasteiger partial charge on any atom is 0.169 e. The lowest BCUT2D eigenvalue weighted by Gasteiger charge is -2.36. The van der Waals surface area contributed by atoms with Crippen LogP contribution in [0, 0.1) is 29.4 Å². The van der Waals surface area contributed by atoms with E-state index in [1.807, 2.05) is 0 Å². The monoisotopic (exact) mass is 292 g/mol. The molecule has 0 heterocycles. The number of carbonyl (C=O) groups is 1. The van der Waals surface area contributed by atoms with Crippen molar-refractivity contribution in [2.45, 2.75) is 51.9 Å². The van der Waals surface area contributed by atoms with Gasteiger partial charge < -0.3 is 0 Å². The maximum absolute atomic E-state index is 14.2. The van der Waals surface area contributed by atoms with Crippen molar-refractivity contribution in [3.8, 4) is 0 Å². The number of aryl methyl sites for hydroxylation is 1. The highest BCUT2D eigenvalue weighted by Crippen LogP contribution is 2.40. The molecule has 2 aliphatic rings. The molecule has 0 bridgehead atoms. The highest BCUT2D eigenvalue weighted by Gasteiger charge is 2.31. The third kappa shape index (κ3) is 2.75. The standard InChI is InChI=1S/C18H22F2O/c1-11-2-4-12(5-3-11)13-6-7-14-8-15(10-21)17(19)18(20)16(14)9-13/h8,10-13H,2-7,9H2,1H3. The van der Waals surface area contributed by atoms with Gasteiger partial charge in [-0.2, -0.15) is 0 Å². The highest BCUT2D eigenvalue weighted by atomic mass is 19.2. The fourth-order valence-electron chi connectivity index (χ4n) is 4.13. The minimum absolute atomic E-state index is 0.142. The van der Waals surface area contributed by atoms with E-state index in [4.69, 9.17) is 0 Å². The minimum atomic E-state index is -0.971. The molecule has 1 unspecified atom stereocenters. The summed E-state index contributed by atoms with van der Waals surface area (Å²) >= 11 is 0. The molecule has 0 aromatic heterocycles. The average Bonchev–Trinajstić information content (AvgIpc) is 2.51. The summed E-state index contributed by atoms with van der Waals surface area (Å²) in [6.07, 6.45) is 7.81. The number of hydrogen-bond acceptors (Lipinski definition) is 1. The van der Waals surface area contributed by atoms with E-state index < -0.39 is 11.6 Å². The molecule has 1 fully saturated rings. The van der Waals surface area contributed by atoms with Gasteiger partial charge in [-0.1, -0.05) is 19.8 Å². The van der Waals surface area contributed by atoms with Crippen LogP contribution in [-0.4, -0.2) is 6.29 Å². The number of aldehydes is 1. The van der Waals surface area contributed by atoms with Gasteiger partial charge in [0.15, 0.2) is 17.9 Å². The quantitative estimate of drug-likeness (QED) is 0.722. The third-order valence-electron chi connectivity index (χ3n) is 5.53. The lowest BCUT2D eigenvalue weighted by Crippen LogP contribution is -2.27. The molecule has 1 nitrogen and oxygen atoms in total. The molecule has 0 saturated heterocycles. The van der Waals surface area contributed by atoms with Crippen LogP contribution in [0.15, 0.2) is 6.07 Å². The second-order valence-electron chi connectivity index (χ2n) is 6.87. The number of hydrogen-bond donors (Lipinski definition) is 0. The normalized spacial score (nSPS) is 29.0. The van der Waals surface area contributed by atoms with E-state index in [0.29, 0.717) is 30.1 Å². The Kier molecular flexibility index (Phi) is 4.10. The average molecular weight is 292 g/mol. The predicted molar refractivity (Wildman–Crippen MR) is 78.4 cm³/mol. The Morgan fingerprint density at radius 2 is 1.76 bits per heavy atom. The fraction of sp³-hybridized carbons (Fsp3) is 0.611. The van der Waals surface area contributed by atoms with Gasteiger partial charge in [-0.3, -0.25) is 4.79 Å². The van der Waals surface area contributed by atoms with Crippen molar-refractivity contribution >= 4 is 6.29 Å². The zero-order valence-corrected chi connectivity index (χ0v) is 12.5. The summed E-state index contributed by atoms with van der Waals surface area (Å²) in [5, 5.41) is 0. The third-order valence-corrected chi connectivity index (χ3v) is 5.53. The number of fused-ring (bicyclic) bond motifs is 1. The smallest absolute Gasteiger partial charge is 0.169 e. The number of halogens is 2. The Labute approximate surface area is 124 Å². The lowest BCUT2D eigenvalue weighted by molar-refractivity contribution is 0.111. The summed E-state index contributed by atoms with van der Waals surface area (Å²) in [6, 6.07) is 1.54. The number of rotatable bonds is 2. The zero-order chi connectivity index (χ0) is 15.0. The van der Waals surface area contributed by atoms with E-state index in [1.54, 1.807) is 6.07 Å². The van der Waals surface area contributed by atoms with Crippen LogP contribution in [-0.2, 0) is 12.8 Å². The van der Waals surface area contributed by atoms with Crippen LogP contribution in [0.1, 0.15) is 60.5 Å². The first kappa shape index (κ1) is 14.7. The van der Waals surface area contributed by atoms with Gasteiger partial charge in [-0.05, 0) is 67.1 Å². The molecule has 0 radical (unpaired) electrons. The van der Waals surface area contributed by atoms with Gasteiger partial charge in [-0.15, -0.1) is 0 Å². The molecule has 0 aliphatic heterocycles. The van der Waals surface area contributed by atoms with Crippen LogP contribution in [0.2, 0.25) is 0 Å². The van der Waals surface area contributed by atoms with E-state index in [9.17, 15) is 13.6 Å². The summed E-state index contributed by atoms with van der Waals surface area (Å²) in [4.78, 5) is 10.8. The molecule has 2 aliphatic carbocycles. The van der Waals surface area contributed by atoms with Crippen LogP contribution < -0.4 is 0 Å². The van der Waals surface area contributed by atoms with Crippen LogP contribution in [0.25, 0.3) is 0 Å². The summed E-state index contributed by atoms with van der Waals surface area (Å²) in [5.74, 6) is 0.176. The SMILES string of the molecule is CC1CCC(C2CCc3cc(C=O)c(F)c(F)c3C2)CC1. The molecule has 1 saturated carbocycles.